The zero-order valence-corrected chi connectivity index (χ0v) is 18.3. The minimum absolute atomic E-state index is 0.0360. The average Bonchev–Trinajstić information content (AvgIpc) is 3.13. The number of rotatable bonds is 7. The Labute approximate surface area is 181 Å². The standard InChI is InChI=1S/C24H27N5O2/c1-17(2)29-22(30)13-11-20(25-29)23-21-12-10-19(31-15-14-27(3)4)16-28(21)26-24(23)18-8-6-5-7-9-18/h5-13,16-17H,14-15H2,1-4H3. The number of likely N-dealkylation sites (N-methyl/N-ethyl adjacent to an activating group) is 1. The highest BCUT2D eigenvalue weighted by molar-refractivity contribution is 5.90. The lowest BCUT2D eigenvalue weighted by molar-refractivity contribution is 0.260. The number of aromatic nitrogens is 4. The molecule has 0 fully saturated rings. The molecular weight excluding hydrogens is 390 g/mol. The van der Waals surface area contributed by atoms with Gasteiger partial charge in [0.25, 0.3) is 5.56 Å². The van der Waals surface area contributed by atoms with Crippen LogP contribution in [-0.2, 0) is 0 Å². The van der Waals surface area contributed by atoms with Crippen LogP contribution in [0.3, 0.4) is 0 Å². The van der Waals surface area contributed by atoms with Gasteiger partial charge < -0.3 is 9.64 Å². The van der Waals surface area contributed by atoms with Crippen LogP contribution in [-0.4, -0.2) is 51.5 Å². The topological polar surface area (TPSA) is 64.7 Å². The SMILES string of the molecule is CC(C)n1nc(-c2c(-c3ccccc3)nn3cc(OCCN(C)C)ccc23)ccc1=O. The number of hydrogen-bond donors (Lipinski definition) is 0. The summed E-state index contributed by atoms with van der Waals surface area (Å²) >= 11 is 0. The van der Waals surface area contributed by atoms with Crippen LogP contribution in [0.5, 0.6) is 5.75 Å². The molecule has 1 aromatic carbocycles. The lowest BCUT2D eigenvalue weighted by atomic mass is 10.0. The number of pyridine rings is 1. The molecular formula is C24H27N5O2. The minimum atomic E-state index is -0.118. The fraction of sp³-hybridized carbons (Fsp3) is 0.292. The van der Waals surface area contributed by atoms with Crippen molar-refractivity contribution in [2.45, 2.75) is 19.9 Å². The normalized spacial score (nSPS) is 11.5. The first-order valence-electron chi connectivity index (χ1n) is 10.4. The monoisotopic (exact) mass is 417 g/mol. The van der Waals surface area contributed by atoms with Crippen molar-refractivity contribution in [2.75, 3.05) is 27.2 Å². The van der Waals surface area contributed by atoms with E-state index in [1.54, 1.807) is 12.1 Å². The van der Waals surface area contributed by atoms with Gasteiger partial charge in [-0.25, -0.2) is 9.20 Å². The Morgan fingerprint density at radius 1 is 1.00 bits per heavy atom. The van der Waals surface area contributed by atoms with Crippen LogP contribution < -0.4 is 10.3 Å². The van der Waals surface area contributed by atoms with E-state index in [1.165, 1.54) is 4.68 Å². The van der Waals surface area contributed by atoms with Gasteiger partial charge in [-0.15, -0.1) is 0 Å². The summed E-state index contributed by atoms with van der Waals surface area (Å²) in [6.45, 7) is 5.32. The summed E-state index contributed by atoms with van der Waals surface area (Å²) in [7, 11) is 4.03. The van der Waals surface area contributed by atoms with Crippen LogP contribution in [0, 0.1) is 0 Å². The van der Waals surface area contributed by atoms with Crippen molar-refractivity contribution < 1.29 is 4.74 Å². The first-order valence-corrected chi connectivity index (χ1v) is 10.4. The molecule has 0 amide bonds. The maximum Gasteiger partial charge on any atom is 0.267 e. The van der Waals surface area contributed by atoms with Gasteiger partial charge in [-0.2, -0.15) is 10.2 Å². The third-order valence-electron chi connectivity index (χ3n) is 5.03. The first kappa shape index (κ1) is 20.8. The van der Waals surface area contributed by atoms with E-state index in [-0.39, 0.29) is 11.6 Å². The van der Waals surface area contributed by atoms with Crippen LogP contribution in [0.15, 0.2) is 65.6 Å². The van der Waals surface area contributed by atoms with Crippen molar-refractivity contribution in [1.29, 1.82) is 0 Å². The predicted molar refractivity (Wildman–Crippen MR) is 123 cm³/mol. The van der Waals surface area contributed by atoms with Crippen molar-refractivity contribution >= 4 is 5.52 Å². The average molecular weight is 418 g/mol. The van der Waals surface area contributed by atoms with E-state index in [2.05, 4.69) is 10.00 Å². The molecule has 7 heteroatoms. The van der Waals surface area contributed by atoms with Gasteiger partial charge in [0.05, 0.1) is 29.0 Å². The van der Waals surface area contributed by atoms with Crippen molar-refractivity contribution in [3.05, 3.63) is 71.1 Å². The second kappa shape index (κ2) is 8.73. The third-order valence-corrected chi connectivity index (χ3v) is 5.03. The fourth-order valence-electron chi connectivity index (χ4n) is 3.44. The quantitative estimate of drug-likeness (QED) is 0.458. The van der Waals surface area contributed by atoms with E-state index in [0.29, 0.717) is 12.3 Å². The molecule has 31 heavy (non-hydrogen) atoms. The molecule has 0 N–H and O–H groups in total. The van der Waals surface area contributed by atoms with Crippen molar-refractivity contribution in [2.24, 2.45) is 0 Å². The van der Waals surface area contributed by atoms with Gasteiger partial charge >= 0.3 is 0 Å². The first-order chi connectivity index (χ1) is 14.9. The molecule has 0 saturated carbocycles. The Hall–Kier alpha value is -3.45. The Balaban J connectivity index is 1.86. The third kappa shape index (κ3) is 4.36. The zero-order valence-electron chi connectivity index (χ0n) is 18.3. The van der Waals surface area contributed by atoms with E-state index in [9.17, 15) is 4.79 Å². The molecule has 160 valence electrons. The van der Waals surface area contributed by atoms with Crippen LogP contribution in [0.25, 0.3) is 28.0 Å². The highest BCUT2D eigenvalue weighted by Gasteiger charge is 2.19. The fourth-order valence-corrected chi connectivity index (χ4v) is 3.44. The zero-order chi connectivity index (χ0) is 22.0. The number of nitrogens with zero attached hydrogens (tertiary/aromatic N) is 5. The number of fused-ring (bicyclic) bond motifs is 1. The van der Waals surface area contributed by atoms with E-state index in [4.69, 9.17) is 9.84 Å². The van der Waals surface area contributed by atoms with Crippen molar-refractivity contribution in [3.63, 3.8) is 0 Å². The van der Waals surface area contributed by atoms with Gasteiger partial charge in [-0.05, 0) is 46.1 Å². The second-order valence-electron chi connectivity index (χ2n) is 8.03. The van der Waals surface area contributed by atoms with Gasteiger partial charge in [0.1, 0.15) is 18.1 Å². The van der Waals surface area contributed by atoms with E-state index >= 15 is 0 Å². The maximum absolute atomic E-state index is 12.3. The van der Waals surface area contributed by atoms with Crippen molar-refractivity contribution in [3.8, 4) is 28.3 Å². The summed E-state index contributed by atoms with van der Waals surface area (Å²) in [6.07, 6.45) is 1.89. The lowest BCUT2D eigenvalue weighted by Crippen LogP contribution is -2.23. The second-order valence-corrected chi connectivity index (χ2v) is 8.03. The molecule has 0 bridgehead atoms. The molecule has 0 saturated heterocycles. The largest absolute Gasteiger partial charge is 0.491 e. The molecule has 0 aliphatic rings. The number of ether oxygens (including phenoxy) is 1. The summed E-state index contributed by atoms with van der Waals surface area (Å²) in [5.41, 5.74) is 4.19. The molecule has 7 nitrogen and oxygen atoms in total. The number of hydrogen-bond acceptors (Lipinski definition) is 5. The van der Waals surface area contributed by atoms with Crippen molar-refractivity contribution in [1.82, 2.24) is 24.3 Å². The molecule has 0 radical (unpaired) electrons. The number of benzene rings is 1. The molecule has 0 atom stereocenters. The van der Waals surface area contributed by atoms with Gasteiger partial charge in [0, 0.05) is 18.2 Å². The summed E-state index contributed by atoms with van der Waals surface area (Å²) in [5.74, 6) is 0.753. The van der Waals surface area contributed by atoms with Crippen LogP contribution >= 0.6 is 0 Å². The molecule has 4 aromatic rings. The highest BCUT2D eigenvalue weighted by atomic mass is 16.5. The Kier molecular flexibility index (Phi) is 5.86. The lowest BCUT2D eigenvalue weighted by Gasteiger charge is -2.11. The molecule has 4 rings (SSSR count). The van der Waals surface area contributed by atoms with Gasteiger partial charge in [-0.3, -0.25) is 4.79 Å². The molecule has 0 aliphatic carbocycles. The molecule has 3 aromatic heterocycles. The molecule has 0 aliphatic heterocycles. The smallest absolute Gasteiger partial charge is 0.267 e. The summed E-state index contributed by atoms with van der Waals surface area (Å²) < 4.78 is 9.22. The van der Waals surface area contributed by atoms with E-state index in [1.807, 2.05) is 81.1 Å². The van der Waals surface area contributed by atoms with Gasteiger partial charge in [0.2, 0.25) is 0 Å². The minimum Gasteiger partial charge on any atom is -0.491 e. The van der Waals surface area contributed by atoms with Crippen LogP contribution in [0.2, 0.25) is 0 Å². The highest BCUT2D eigenvalue weighted by Crippen LogP contribution is 2.34. The summed E-state index contributed by atoms with van der Waals surface area (Å²) in [5, 5.41) is 9.52. The van der Waals surface area contributed by atoms with Gasteiger partial charge in [0.15, 0.2) is 0 Å². The molecule has 3 heterocycles. The summed E-state index contributed by atoms with van der Waals surface area (Å²) in [4.78, 5) is 14.3. The predicted octanol–water partition coefficient (Wildman–Crippen LogP) is 3.75. The Bertz CT molecular complexity index is 1240. The van der Waals surface area contributed by atoms with Gasteiger partial charge in [-0.1, -0.05) is 30.3 Å². The molecule has 0 spiro atoms. The van der Waals surface area contributed by atoms with Crippen LogP contribution in [0.4, 0.5) is 0 Å². The Morgan fingerprint density at radius 3 is 2.48 bits per heavy atom. The molecule has 0 unspecified atom stereocenters. The van der Waals surface area contributed by atoms with Crippen LogP contribution in [0.1, 0.15) is 19.9 Å². The maximum atomic E-state index is 12.3. The Morgan fingerprint density at radius 2 is 1.77 bits per heavy atom. The summed E-state index contributed by atoms with van der Waals surface area (Å²) in [6, 6.07) is 17.2. The van der Waals surface area contributed by atoms with E-state index in [0.717, 1.165) is 34.6 Å². The van der Waals surface area contributed by atoms with E-state index < -0.39 is 0 Å².